The lowest BCUT2D eigenvalue weighted by Crippen LogP contribution is -2.50. The van der Waals surface area contributed by atoms with Gasteiger partial charge in [-0.2, -0.15) is 0 Å². The molecule has 2 saturated heterocycles. The van der Waals surface area contributed by atoms with Gasteiger partial charge in [0.1, 0.15) is 11.6 Å². The van der Waals surface area contributed by atoms with Crippen molar-refractivity contribution in [3.05, 3.63) is 23.6 Å². The molecule has 4 rings (SSSR count). The third-order valence-electron chi connectivity index (χ3n) is 6.56. The number of aliphatic hydroxyl groups excluding tert-OH is 1. The van der Waals surface area contributed by atoms with Crippen molar-refractivity contribution in [1.29, 1.82) is 0 Å². The van der Waals surface area contributed by atoms with E-state index in [0.29, 0.717) is 12.2 Å². The second-order valence-electron chi connectivity index (χ2n) is 8.25. The summed E-state index contributed by atoms with van der Waals surface area (Å²) < 4.78 is 13.5. The highest BCUT2D eigenvalue weighted by Crippen LogP contribution is 2.43. The monoisotopic (exact) mass is 361 g/mol. The maximum Gasteiger partial charge on any atom is 0.230 e. The molecule has 1 aliphatic carbocycles. The van der Waals surface area contributed by atoms with E-state index < -0.39 is 0 Å². The molecule has 3 heterocycles. The van der Waals surface area contributed by atoms with E-state index in [1.54, 1.807) is 13.0 Å². The molecule has 3 aliphatic rings. The number of pyridine rings is 1. The second-order valence-corrected chi connectivity index (χ2v) is 8.25. The van der Waals surface area contributed by atoms with Gasteiger partial charge in [-0.25, -0.2) is 9.37 Å². The molecule has 1 aromatic heterocycles. The fourth-order valence-corrected chi connectivity index (χ4v) is 4.98. The zero-order valence-electron chi connectivity index (χ0n) is 15.5. The average Bonchev–Trinajstić information content (AvgIpc) is 2.94. The smallest absolute Gasteiger partial charge is 0.230 e. The van der Waals surface area contributed by atoms with Gasteiger partial charge in [-0.1, -0.05) is 0 Å². The van der Waals surface area contributed by atoms with Crippen molar-refractivity contribution in [1.82, 2.24) is 9.88 Å². The minimum Gasteiger partial charge on any atom is -0.393 e. The Morgan fingerprint density at radius 1 is 1.19 bits per heavy atom. The maximum absolute atomic E-state index is 13.5. The number of nitrogens with zero attached hydrogens (tertiary/aromatic N) is 3. The van der Waals surface area contributed by atoms with Gasteiger partial charge in [-0.05, 0) is 64.0 Å². The summed E-state index contributed by atoms with van der Waals surface area (Å²) >= 11 is 0. The molecule has 0 aromatic carbocycles. The van der Waals surface area contributed by atoms with Gasteiger partial charge in [0.05, 0.1) is 17.2 Å². The largest absolute Gasteiger partial charge is 0.393 e. The molecule has 142 valence electrons. The molecule has 1 amide bonds. The Hall–Kier alpha value is -1.69. The van der Waals surface area contributed by atoms with Gasteiger partial charge in [-0.3, -0.25) is 4.79 Å². The number of likely N-dealkylation sites (tertiary alicyclic amines) is 1. The van der Waals surface area contributed by atoms with Crippen LogP contribution >= 0.6 is 0 Å². The van der Waals surface area contributed by atoms with E-state index in [1.165, 1.54) is 6.07 Å². The summed E-state index contributed by atoms with van der Waals surface area (Å²) in [4.78, 5) is 21.9. The fraction of sp³-hybridized carbons (Fsp3) is 0.700. The van der Waals surface area contributed by atoms with E-state index in [1.807, 2.05) is 0 Å². The zero-order chi connectivity index (χ0) is 18.3. The topological polar surface area (TPSA) is 56.7 Å². The van der Waals surface area contributed by atoms with E-state index >= 15 is 0 Å². The van der Waals surface area contributed by atoms with Crippen LogP contribution in [0.5, 0.6) is 0 Å². The van der Waals surface area contributed by atoms with Crippen LogP contribution in [0.1, 0.15) is 50.6 Å². The number of aliphatic hydroxyl groups is 1. The van der Waals surface area contributed by atoms with E-state index in [9.17, 15) is 14.3 Å². The molecule has 1 aromatic rings. The van der Waals surface area contributed by atoms with Crippen LogP contribution in [0.3, 0.4) is 0 Å². The van der Waals surface area contributed by atoms with E-state index in [0.717, 1.165) is 63.9 Å². The van der Waals surface area contributed by atoms with Gasteiger partial charge >= 0.3 is 0 Å². The number of amides is 1. The first-order valence-corrected chi connectivity index (χ1v) is 9.86. The summed E-state index contributed by atoms with van der Waals surface area (Å²) in [6.07, 6.45) is 5.99. The number of rotatable bonds is 2. The highest BCUT2D eigenvalue weighted by Gasteiger charge is 2.50. The number of carbonyl (C=O) groups is 1. The molecule has 1 N–H and O–H groups in total. The molecule has 5 nitrogen and oxygen atoms in total. The third-order valence-corrected chi connectivity index (χ3v) is 6.56. The second kappa shape index (κ2) is 6.80. The highest BCUT2D eigenvalue weighted by atomic mass is 19.1. The van der Waals surface area contributed by atoms with Gasteiger partial charge in [0.25, 0.3) is 0 Å². The first-order chi connectivity index (χ1) is 12.5. The Morgan fingerprint density at radius 3 is 2.69 bits per heavy atom. The van der Waals surface area contributed by atoms with Crippen molar-refractivity contribution in [2.75, 3.05) is 24.5 Å². The zero-order valence-corrected chi connectivity index (χ0v) is 15.5. The van der Waals surface area contributed by atoms with Crippen LogP contribution in [0.2, 0.25) is 0 Å². The molecule has 1 saturated carbocycles. The lowest BCUT2D eigenvalue weighted by Gasteiger charge is -2.41. The Morgan fingerprint density at radius 2 is 1.96 bits per heavy atom. The third kappa shape index (κ3) is 3.08. The van der Waals surface area contributed by atoms with E-state index in [2.05, 4.69) is 14.8 Å². The van der Waals surface area contributed by atoms with Crippen molar-refractivity contribution in [3.63, 3.8) is 0 Å². The minimum absolute atomic E-state index is 0.198. The molecule has 26 heavy (non-hydrogen) atoms. The van der Waals surface area contributed by atoms with Gasteiger partial charge in [0, 0.05) is 25.7 Å². The number of hydrogen-bond donors (Lipinski definition) is 1. The summed E-state index contributed by atoms with van der Waals surface area (Å²) in [6.45, 7) is 4.04. The Labute approximate surface area is 154 Å². The van der Waals surface area contributed by atoms with Crippen molar-refractivity contribution in [2.45, 2.75) is 64.0 Å². The number of aromatic nitrogens is 1. The number of halogens is 1. The Balaban J connectivity index is 1.49. The molecule has 0 radical (unpaired) electrons. The molecule has 1 spiro atoms. The van der Waals surface area contributed by atoms with Crippen LogP contribution in [0.4, 0.5) is 10.2 Å². The molecule has 0 bridgehead atoms. The van der Waals surface area contributed by atoms with Crippen LogP contribution in [0.15, 0.2) is 12.1 Å². The lowest BCUT2D eigenvalue weighted by atomic mass is 9.78. The Bertz CT molecular complexity index is 690. The number of hydrogen-bond acceptors (Lipinski definition) is 4. The van der Waals surface area contributed by atoms with Crippen LogP contribution in [-0.2, 0) is 4.79 Å². The molecule has 0 unspecified atom stereocenters. The number of aryl methyl sites for hydroxylation is 1. The summed E-state index contributed by atoms with van der Waals surface area (Å²) in [5, 5.41) is 9.74. The SMILES string of the molecule is Cc1nc(N2CCC[C@@]3(CCN(C4CCC(O)CC4)C3=O)C2)ccc1F. The molecule has 3 fully saturated rings. The standard InChI is InChI=1S/C20H28FN3O2/c1-14-17(21)7-8-18(22-14)23-11-2-9-20(13-23)10-12-24(19(20)26)15-3-5-16(25)6-4-15/h7-8,15-16,25H,2-6,9-13H2,1H3/t15?,16?,20-/m1/s1. The molecule has 1 atom stereocenters. The summed E-state index contributed by atoms with van der Waals surface area (Å²) in [5.41, 5.74) is 0.0837. The van der Waals surface area contributed by atoms with Crippen molar-refractivity contribution in [3.8, 4) is 0 Å². The fourth-order valence-electron chi connectivity index (χ4n) is 4.98. The van der Waals surface area contributed by atoms with E-state index in [4.69, 9.17) is 0 Å². The molecular formula is C20H28FN3O2. The van der Waals surface area contributed by atoms with Crippen LogP contribution in [0.25, 0.3) is 0 Å². The number of piperidine rings is 1. The first kappa shape index (κ1) is 17.7. The average molecular weight is 361 g/mol. The first-order valence-electron chi connectivity index (χ1n) is 9.86. The van der Waals surface area contributed by atoms with Crippen molar-refractivity contribution < 1.29 is 14.3 Å². The van der Waals surface area contributed by atoms with Gasteiger partial charge < -0.3 is 14.9 Å². The minimum atomic E-state index is -0.321. The van der Waals surface area contributed by atoms with Crippen LogP contribution in [0, 0.1) is 18.2 Å². The van der Waals surface area contributed by atoms with Gasteiger partial charge in [0.2, 0.25) is 5.91 Å². The van der Waals surface area contributed by atoms with Crippen LogP contribution < -0.4 is 4.90 Å². The van der Waals surface area contributed by atoms with Crippen molar-refractivity contribution in [2.24, 2.45) is 5.41 Å². The predicted molar refractivity (Wildman–Crippen MR) is 97.4 cm³/mol. The summed E-state index contributed by atoms with van der Waals surface area (Å²) in [5.74, 6) is 0.764. The normalized spacial score (nSPS) is 32.5. The predicted octanol–water partition coefficient (Wildman–Crippen LogP) is 2.65. The lowest BCUT2D eigenvalue weighted by molar-refractivity contribution is -0.139. The molecular weight excluding hydrogens is 333 g/mol. The van der Waals surface area contributed by atoms with Crippen LogP contribution in [-0.4, -0.2) is 52.7 Å². The maximum atomic E-state index is 13.5. The number of anilines is 1. The summed E-state index contributed by atoms with van der Waals surface area (Å²) in [6, 6.07) is 3.47. The molecule has 6 heteroatoms. The Kier molecular flexibility index (Phi) is 4.63. The van der Waals surface area contributed by atoms with Gasteiger partial charge in [-0.15, -0.1) is 0 Å². The number of carbonyl (C=O) groups excluding carboxylic acids is 1. The molecule has 2 aliphatic heterocycles. The highest BCUT2D eigenvalue weighted by molar-refractivity contribution is 5.86. The van der Waals surface area contributed by atoms with E-state index in [-0.39, 0.29) is 29.3 Å². The summed E-state index contributed by atoms with van der Waals surface area (Å²) in [7, 11) is 0. The quantitative estimate of drug-likeness (QED) is 0.880. The van der Waals surface area contributed by atoms with Gasteiger partial charge in [0.15, 0.2) is 0 Å². The van der Waals surface area contributed by atoms with Crippen molar-refractivity contribution >= 4 is 11.7 Å².